The average molecular weight is 278 g/mol. The van der Waals surface area contributed by atoms with Crippen molar-refractivity contribution in [1.82, 2.24) is 0 Å². The zero-order valence-corrected chi connectivity index (χ0v) is 12.9. The summed E-state index contributed by atoms with van der Waals surface area (Å²) in [6.07, 6.45) is 1.86. The highest BCUT2D eigenvalue weighted by atomic mass is 16.3. The van der Waals surface area contributed by atoms with Crippen molar-refractivity contribution in [1.29, 1.82) is 0 Å². The molecule has 0 unspecified atom stereocenters. The number of carbonyl (C=O) groups excluding carboxylic acids is 1. The van der Waals surface area contributed by atoms with Crippen molar-refractivity contribution in [3.63, 3.8) is 0 Å². The first-order chi connectivity index (χ1) is 9.46. The molecule has 1 aromatic carbocycles. The number of aliphatic hydroxyl groups is 1. The number of amides is 1. The number of aliphatic hydroxyl groups excluding tert-OH is 1. The molecule has 4 heteroatoms. The summed E-state index contributed by atoms with van der Waals surface area (Å²) >= 11 is 0. The van der Waals surface area contributed by atoms with Gasteiger partial charge in [0.15, 0.2) is 0 Å². The normalized spacial score (nSPS) is 11.2. The highest BCUT2D eigenvalue weighted by Crippen LogP contribution is 2.27. The lowest BCUT2D eigenvalue weighted by molar-refractivity contribution is -0.114. The summed E-state index contributed by atoms with van der Waals surface area (Å²) in [7, 11) is 0. The quantitative estimate of drug-likeness (QED) is 0.718. The number of aryl methyl sites for hydroxylation is 1. The Morgan fingerprint density at radius 3 is 2.45 bits per heavy atom. The summed E-state index contributed by atoms with van der Waals surface area (Å²) in [5.74, 6) is -0.0722. The zero-order chi connectivity index (χ0) is 15.2. The minimum absolute atomic E-state index is 0.0722. The van der Waals surface area contributed by atoms with Crippen LogP contribution >= 0.6 is 0 Å². The summed E-state index contributed by atoms with van der Waals surface area (Å²) in [5.41, 5.74) is 2.73. The third-order valence-corrected chi connectivity index (χ3v) is 4.05. The number of carbonyl (C=O) groups is 1. The Bertz CT molecular complexity index is 446. The number of nitrogens with one attached hydrogen (secondary N) is 2. The van der Waals surface area contributed by atoms with Gasteiger partial charge in [-0.25, -0.2) is 0 Å². The highest BCUT2D eigenvalue weighted by molar-refractivity contribution is 5.90. The van der Waals surface area contributed by atoms with E-state index in [9.17, 15) is 9.90 Å². The van der Waals surface area contributed by atoms with E-state index in [0.717, 1.165) is 36.3 Å². The molecule has 0 aliphatic rings. The van der Waals surface area contributed by atoms with Crippen LogP contribution in [-0.4, -0.2) is 24.2 Å². The lowest BCUT2D eigenvalue weighted by Crippen LogP contribution is -2.32. The summed E-state index contributed by atoms with van der Waals surface area (Å²) in [6, 6.07) is 5.91. The molecule has 4 nitrogen and oxygen atoms in total. The summed E-state index contributed by atoms with van der Waals surface area (Å²) < 4.78 is 0. The van der Waals surface area contributed by atoms with Crippen molar-refractivity contribution in [3.8, 4) is 0 Å². The lowest BCUT2D eigenvalue weighted by Gasteiger charge is -2.30. The van der Waals surface area contributed by atoms with Crippen LogP contribution in [0.15, 0.2) is 18.2 Å². The van der Waals surface area contributed by atoms with Crippen molar-refractivity contribution < 1.29 is 9.90 Å². The Kier molecular flexibility index (Phi) is 6.02. The maximum absolute atomic E-state index is 11.2. The molecule has 0 aliphatic carbocycles. The van der Waals surface area contributed by atoms with Crippen LogP contribution in [0.4, 0.5) is 11.4 Å². The molecule has 0 atom stereocenters. The van der Waals surface area contributed by atoms with Gasteiger partial charge >= 0.3 is 0 Å². The molecule has 0 fully saturated rings. The first-order valence-electron chi connectivity index (χ1n) is 7.19. The van der Waals surface area contributed by atoms with E-state index >= 15 is 0 Å². The van der Waals surface area contributed by atoms with Gasteiger partial charge in [-0.3, -0.25) is 4.79 Å². The SMILES string of the molecule is CCC(CC)(CO)CNc1ccc(C)c(NC(C)=O)c1. The fraction of sp³-hybridized carbons (Fsp3) is 0.562. The van der Waals surface area contributed by atoms with E-state index in [-0.39, 0.29) is 17.9 Å². The van der Waals surface area contributed by atoms with Crippen LogP contribution in [0.25, 0.3) is 0 Å². The molecule has 0 saturated heterocycles. The fourth-order valence-corrected chi connectivity index (χ4v) is 2.13. The van der Waals surface area contributed by atoms with Crippen LogP contribution in [0.3, 0.4) is 0 Å². The van der Waals surface area contributed by atoms with Gasteiger partial charge in [0.05, 0.1) is 6.61 Å². The van der Waals surface area contributed by atoms with Gasteiger partial charge in [0.1, 0.15) is 0 Å². The first kappa shape index (κ1) is 16.5. The smallest absolute Gasteiger partial charge is 0.221 e. The van der Waals surface area contributed by atoms with Crippen LogP contribution in [0.5, 0.6) is 0 Å². The highest BCUT2D eigenvalue weighted by Gasteiger charge is 2.24. The van der Waals surface area contributed by atoms with Crippen molar-refractivity contribution in [2.75, 3.05) is 23.8 Å². The van der Waals surface area contributed by atoms with Crippen LogP contribution in [0, 0.1) is 12.3 Å². The number of hydrogen-bond donors (Lipinski definition) is 3. The van der Waals surface area contributed by atoms with Gasteiger partial charge < -0.3 is 15.7 Å². The Labute approximate surface area is 121 Å². The zero-order valence-electron chi connectivity index (χ0n) is 12.9. The van der Waals surface area contributed by atoms with Crippen LogP contribution in [-0.2, 0) is 4.79 Å². The lowest BCUT2D eigenvalue weighted by atomic mass is 9.83. The van der Waals surface area contributed by atoms with E-state index in [1.54, 1.807) is 0 Å². The van der Waals surface area contributed by atoms with Gasteiger partial charge in [-0.05, 0) is 37.5 Å². The Morgan fingerprint density at radius 2 is 1.95 bits per heavy atom. The third-order valence-electron chi connectivity index (χ3n) is 4.05. The third kappa shape index (κ3) is 4.23. The van der Waals surface area contributed by atoms with Gasteiger partial charge in [-0.1, -0.05) is 19.9 Å². The molecule has 1 aromatic rings. The monoisotopic (exact) mass is 278 g/mol. The summed E-state index contributed by atoms with van der Waals surface area (Å²) in [5, 5.41) is 15.8. The number of rotatable bonds is 7. The van der Waals surface area contributed by atoms with Crippen LogP contribution in [0.2, 0.25) is 0 Å². The van der Waals surface area contributed by atoms with E-state index < -0.39 is 0 Å². The maximum Gasteiger partial charge on any atom is 0.221 e. The molecule has 3 N–H and O–H groups in total. The summed E-state index contributed by atoms with van der Waals surface area (Å²) in [4.78, 5) is 11.2. The van der Waals surface area contributed by atoms with E-state index in [2.05, 4.69) is 24.5 Å². The Balaban J connectivity index is 2.80. The van der Waals surface area contributed by atoms with Crippen molar-refractivity contribution in [3.05, 3.63) is 23.8 Å². The molecule has 0 bridgehead atoms. The molecular formula is C16H26N2O2. The van der Waals surface area contributed by atoms with Crippen molar-refractivity contribution in [2.24, 2.45) is 5.41 Å². The predicted octanol–water partition coefficient (Wildman–Crippen LogP) is 3.16. The molecule has 0 spiro atoms. The van der Waals surface area contributed by atoms with E-state index in [4.69, 9.17) is 0 Å². The van der Waals surface area contributed by atoms with E-state index in [0.29, 0.717) is 0 Å². The average Bonchev–Trinajstić information content (AvgIpc) is 2.44. The number of benzene rings is 1. The van der Waals surface area contributed by atoms with Gasteiger partial charge in [-0.15, -0.1) is 0 Å². The van der Waals surface area contributed by atoms with E-state index in [1.165, 1.54) is 6.92 Å². The molecule has 1 amide bonds. The molecule has 0 aromatic heterocycles. The maximum atomic E-state index is 11.2. The van der Waals surface area contributed by atoms with Gasteiger partial charge in [0.25, 0.3) is 0 Å². The van der Waals surface area contributed by atoms with Crippen molar-refractivity contribution >= 4 is 17.3 Å². The Hall–Kier alpha value is -1.55. The Morgan fingerprint density at radius 1 is 1.30 bits per heavy atom. The molecule has 112 valence electrons. The van der Waals surface area contributed by atoms with E-state index in [1.807, 2.05) is 25.1 Å². The fourth-order valence-electron chi connectivity index (χ4n) is 2.13. The molecule has 0 radical (unpaired) electrons. The molecule has 1 rings (SSSR count). The first-order valence-corrected chi connectivity index (χ1v) is 7.19. The topological polar surface area (TPSA) is 61.4 Å². The molecule has 0 aliphatic heterocycles. The minimum atomic E-state index is -0.0843. The second kappa shape index (κ2) is 7.29. The van der Waals surface area contributed by atoms with Gasteiger partial charge in [0, 0.05) is 30.3 Å². The molecule has 0 saturated carbocycles. The second-order valence-corrected chi connectivity index (χ2v) is 5.43. The van der Waals surface area contributed by atoms with Gasteiger partial charge in [-0.2, -0.15) is 0 Å². The molecule has 20 heavy (non-hydrogen) atoms. The number of hydrogen-bond acceptors (Lipinski definition) is 3. The second-order valence-electron chi connectivity index (χ2n) is 5.43. The number of anilines is 2. The molecular weight excluding hydrogens is 252 g/mol. The van der Waals surface area contributed by atoms with Crippen LogP contribution in [0.1, 0.15) is 39.2 Å². The molecule has 0 heterocycles. The summed E-state index contributed by atoms with van der Waals surface area (Å²) in [6.45, 7) is 8.56. The minimum Gasteiger partial charge on any atom is -0.396 e. The largest absolute Gasteiger partial charge is 0.396 e. The standard InChI is InChI=1S/C16H26N2O2/c1-5-16(6-2,11-19)10-17-14-8-7-12(3)15(9-14)18-13(4)20/h7-9,17,19H,5-6,10-11H2,1-4H3,(H,18,20). The van der Waals surface area contributed by atoms with Crippen molar-refractivity contribution in [2.45, 2.75) is 40.5 Å². The van der Waals surface area contributed by atoms with Crippen LogP contribution < -0.4 is 10.6 Å². The van der Waals surface area contributed by atoms with Gasteiger partial charge in [0.2, 0.25) is 5.91 Å². The predicted molar refractivity (Wildman–Crippen MR) is 84.1 cm³/mol.